The fourth-order valence-corrected chi connectivity index (χ4v) is 3.77. The van der Waals surface area contributed by atoms with E-state index in [0.29, 0.717) is 19.5 Å². The summed E-state index contributed by atoms with van der Waals surface area (Å²) in [5.41, 5.74) is -1.22. The summed E-state index contributed by atoms with van der Waals surface area (Å²) in [4.78, 5) is 37.3. The Hall–Kier alpha value is -1.63. The first-order chi connectivity index (χ1) is 12.8. The summed E-state index contributed by atoms with van der Waals surface area (Å²) >= 11 is 0. The number of hydrazine groups is 1. The number of nitrogens with one attached hydrogen (secondary N) is 1. The Balaban J connectivity index is 3.01. The van der Waals surface area contributed by atoms with Crippen molar-refractivity contribution < 1.29 is 19.5 Å². The smallest absolute Gasteiger partial charge is 0.311 e. The average molecular weight is 384 g/mol. The zero-order valence-corrected chi connectivity index (χ0v) is 17.4. The zero-order chi connectivity index (χ0) is 20.4. The van der Waals surface area contributed by atoms with Crippen LogP contribution in [0.1, 0.15) is 78.6 Å². The number of carbonyl (C=O) groups excluding carboxylic acids is 2. The van der Waals surface area contributed by atoms with Crippen LogP contribution in [0, 0.1) is 5.41 Å². The molecule has 1 saturated heterocycles. The second-order valence-corrected chi connectivity index (χ2v) is 7.69. The van der Waals surface area contributed by atoms with Crippen molar-refractivity contribution in [3.63, 3.8) is 0 Å². The molecule has 156 valence electrons. The van der Waals surface area contributed by atoms with Crippen molar-refractivity contribution in [1.82, 2.24) is 15.3 Å². The quantitative estimate of drug-likeness (QED) is 0.536. The highest BCUT2D eigenvalue weighted by atomic mass is 16.4. The Kier molecular flexibility index (Phi) is 9.77. The van der Waals surface area contributed by atoms with Gasteiger partial charge in [-0.1, -0.05) is 46.0 Å². The summed E-state index contributed by atoms with van der Waals surface area (Å²) in [5.74, 6) is -1.38. The van der Waals surface area contributed by atoms with E-state index in [4.69, 9.17) is 0 Å². The maximum absolute atomic E-state index is 12.6. The summed E-state index contributed by atoms with van der Waals surface area (Å²) in [6.45, 7) is 6.59. The lowest BCUT2D eigenvalue weighted by Crippen LogP contribution is -2.68. The molecule has 7 nitrogen and oxygen atoms in total. The summed E-state index contributed by atoms with van der Waals surface area (Å²) in [6.07, 6.45) is 7.93. The highest BCUT2D eigenvalue weighted by Crippen LogP contribution is 2.36. The molecule has 0 aromatic rings. The van der Waals surface area contributed by atoms with E-state index in [1.807, 2.05) is 6.92 Å². The number of amides is 2. The van der Waals surface area contributed by atoms with Crippen molar-refractivity contribution in [2.45, 2.75) is 84.6 Å². The van der Waals surface area contributed by atoms with Crippen LogP contribution in [0.15, 0.2) is 0 Å². The second kappa shape index (κ2) is 11.3. The summed E-state index contributed by atoms with van der Waals surface area (Å²) < 4.78 is 0. The van der Waals surface area contributed by atoms with Gasteiger partial charge in [-0.25, -0.2) is 5.01 Å². The van der Waals surface area contributed by atoms with Gasteiger partial charge in [-0.3, -0.25) is 19.4 Å². The summed E-state index contributed by atoms with van der Waals surface area (Å²) in [5, 5.41) is 15.8. The molecular weight excluding hydrogens is 346 g/mol. The van der Waals surface area contributed by atoms with Crippen molar-refractivity contribution >= 4 is 17.8 Å². The van der Waals surface area contributed by atoms with Gasteiger partial charge < -0.3 is 10.4 Å². The summed E-state index contributed by atoms with van der Waals surface area (Å²) in [7, 11) is 1.51. The third kappa shape index (κ3) is 5.92. The van der Waals surface area contributed by atoms with Crippen LogP contribution in [0.25, 0.3) is 0 Å². The Morgan fingerprint density at radius 3 is 2.26 bits per heavy atom. The van der Waals surface area contributed by atoms with Crippen LogP contribution in [0.5, 0.6) is 0 Å². The zero-order valence-electron chi connectivity index (χ0n) is 17.4. The molecule has 0 unspecified atom stereocenters. The van der Waals surface area contributed by atoms with Crippen LogP contribution in [0.3, 0.4) is 0 Å². The third-order valence-corrected chi connectivity index (χ3v) is 5.53. The van der Waals surface area contributed by atoms with E-state index < -0.39 is 17.4 Å². The molecule has 2 amide bonds. The number of hydrogen-bond acceptors (Lipinski definition) is 4. The second-order valence-electron chi connectivity index (χ2n) is 7.69. The molecule has 2 N–H and O–H groups in total. The van der Waals surface area contributed by atoms with Gasteiger partial charge in [0.25, 0.3) is 0 Å². The first kappa shape index (κ1) is 23.4. The molecule has 0 aromatic carbocycles. The van der Waals surface area contributed by atoms with E-state index in [1.54, 1.807) is 16.9 Å². The number of hydrogen-bond donors (Lipinski definition) is 2. The summed E-state index contributed by atoms with van der Waals surface area (Å²) in [6, 6.07) is -0.884. The van der Waals surface area contributed by atoms with Crippen LogP contribution in [0.2, 0.25) is 0 Å². The molecule has 1 rings (SSSR count). The fourth-order valence-electron chi connectivity index (χ4n) is 3.77. The minimum absolute atomic E-state index is 0.0372. The van der Waals surface area contributed by atoms with Crippen LogP contribution in [0.4, 0.5) is 0 Å². The fraction of sp³-hybridized carbons (Fsp3) is 0.850. The number of carboxylic acids is 1. The molecule has 0 saturated carbocycles. The van der Waals surface area contributed by atoms with Crippen LogP contribution in [-0.2, 0) is 14.4 Å². The lowest BCUT2D eigenvalue weighted by atomic mass is 9.76. The van der Waals surface area contributed by atoms with E-state index in [-0.39, 0.29) is 18.2 Å². The van der Waals surface area contributed by atoms with E-state index >= 15 is 0 Å². The number of rotatable bonds is 11. The van der Waals surface area contributed by atoms with E-state index in [1.165, 1.54) is 26.3 Å². The molecule has 7 heteroatoms. The monoisotopic (exact) mass is 383 g/mol. The largest absolute Gasteiger partial charge is 0.481 e. The molecule has 0 aliphatic carbocycles. The highest BCUT2D eigenvalue weighted by molar-refractivity contribution is 5.90. The van der Waals surface area contributed by atoms with Crippen LogP contribution in [-0.4, -0.2) is 59.1 Å². The predicted octanol–water partition coefficient (Wildman–Crippen LogP) is 2.80. The van der Waals surface area contributed by atoms with Gasteiger partial charge in [0, 0.05) is 26.6 Å². The average Bonchev–Trinajstić information content (AvgIpc) is 2.64. The van der Waals surface area contributed by atoms with Crippen molar-refractivity contribution in [2.75, 3.05) is 20.1 Å². The first-order valence-electron chi connectivity index (χ1n) is 10.3. The molecule has 0 radical (unpaired) electrons. The minimum Gasteiger partial charge on any atom is -0.481 e. The molecule has 27 heavy (non-hydrogen) atoms. The van der Waals surface area contributed by atoms with Crippen molar-refractivity contribution in [2.24, 2.45) is 5.41 Å². The van der Waals surface area contributed by atoms with Crippen LogP contribution < -0.4 is 5.32 Å². The Morgan fingerprint density at radius 2 is 1.70 bits per heavy atom. The number of carboxylic acid groups (broad SMARTS) is 1. The molecular formula is C20H37N3O4. The van der Waals surface area contributed by atoms with Gasteiger partial charge in [-0.15, -0.1) is 0 Å². The van der Waals surface area contributed by atoms with Crippen LogP contribution >= 0.6 is 0 Å². The van der Waals surface area contributed by atoms with E-state index in [9.17, 15) is 19.5 Å². The Bertz CT molecular complexity index is 511. The number of likely N-dealkylation sites (N-methyl/N-ethyl adjacent to an activating group) is 1. The SMILES string of the molecule is CCCCCCCCN1[C@H](C(=O)NC)[C@@](C)(C(=O)O)CCN1C(=O)CCC. The van der Waals surface area contributed by atoms with Gasteiger partial charge >= 0.3 is 5.97 Å². The van der Waals surface area contributed by atoms with Crippen molar-refractivity contribution in [3.8, 4) is 0 Å². The van der Waals surface area contributed by atoms with Gasteiger partial charge in [0.15, 0.2) is 0 Å². The predicted molar refractivity (Wildman–Crippen MR) is 105 cm³/mol. The van der Waals surface area contributed by atoms with Crippen molar-refractivity contribution in [3.05, 3.63) is 0 Å². The van der Waals surface area contributed by atoms with E-state index in [0.717, 1.165) is 25.7 Å². The molecule has 1 aliphatic rings. The molecule has 1 aliphatic heterocycles. The van der Waals surface area contributed by atoms with Gasteiger partial charge in [0.2, 0.25) is 11.8 Å². The van der Waals surface area contributed by atoms with E-state index in [2.05, 4.69) is 12.2 Å². The maximum Gasteiger partial charge on any atom is 0.311 e. The van der Waals surface area contributed by atoms with Crippen molar-refractivity contribution in [1.29, 1.82) is 0 Å². The third-order valence-electron chi connectivity index (χ3n) is 5.53. The highest BCUT2D eigenvalue weighted by Gasteiger charge is 2.53. The lowest BCUT2D eigenvalue weighted by molar-refractivity contribution is -0.190. The Morgan fingerprint density at radius 1 is 1.07 bits per heavy atom. The standard InChI is InChI=1S/C20H37N3O4/c1-5-7-8-9-10-11-14-23-17(18(25)21-4)20(3,19(26)27)13-15-22(23)16(24)12-6-2/h17H,5-15H2,1-4H3,(H,21,25)(H,26,27)/t17-,20+/m1/s1. The number of aliphatic carboxylic acids is 1. The molecule has 1 fully saturated rings. The first-order valence-corrected chi connectivity index (χ1v) is 10.3. The van der Waals surface area contributed by atoms with Gasteiger partial charge in [0.1, 0.15) is 6.04 Å². The molecule has 1 heterocycles. The number of carbonyl (C=O) groups is 3. The molecule has 0 aromatic heterocycles. The minimum atomic E-state index is -1.22. The Labute approximate surface area is 163 Å². The van der Waals surface area contributed by atoms with Gasteiger partial charge in [-0.05, 0) is 26.2 Å². The normalized spacial score (nSPS) is 23.3. The maximum atomic E-state index is 12.6. The number of unbranched alkanes of at least 4 members (excludes halogenated alkanes) is 5. The molecule has 0 bridgehead atoms. The number of nitrogens with zero attached hydrogens (tertiary/aromatic N) is 2. The lowest BCUT2D eigenvalue weighted by Gasteiger charge is -2.50. The molecule has 0 spiro atoms. The van der Waals surface area contributed by atoms with Gasteiger partial charge in [0.05, 0.1) is 5.41 Å². The topological polar surface area (TPSA) is 89.9 Å². The van der Waals surface area contributed by atoms with Gasteiger partial charge in [-0.2, -0.15) is 0 Å². The molecule has 2 atom stereocenters.